The molecule has 0 aromatic rings. The SMILES string of the molecule is CCC1(C(=O)O)CCN(C(=O)CNCCOC)C1. The van der Waals surface area contributed by atoms with Crippen LogP contribution in [0.5, 0.6) is 0 Å². The Morgan fingerprint density at radius 2 is 2.22 bits per heavy atom. The second kappa shape index (κ2) is 6.70. The van der Waals surface area contributed by atoms with E-state index >= 15 is 0 Å². The zero-order valence-electron chi connectivity index (χ0n) is 11.1. The summed E-state index contributed by atoms with van der Waals surface area (Å²) in [4.78, 5) is 24.8. The van der Waals surface area contributed by atoms with Crippen LogP contribution in [0.3, 0.4) is 0 Å². The minimum atomic E-state index is -0.798. The highest BCUT2D eigenvalue weighted by molar-refractivity contribution is 5.81. The number of amides is 1. The van der Waals surface area contributed by atoms with Crippen LogP contribution >= 0.6 is 0 Å². The van der Waals surface area contributed by atoms with Crippen LogP contribution in [0.15, 0.2) is 0 Å². The molecule has 0 aromatic carbocycles. The Balaban J connectivity index is 2.41. The predicted molar refractivity (Wildman–Crippen MR) is 66.3 cm³/mol. The average Bonchev–Trinajstić information content (AvgIpc) is 2.80. The van der Waals surface area contributed by atoms with Gasteiger partial charge in [0, 0.05) is 26.7 Å². The van der Waals surface area contributed by atoms with Gasteiger partial charge < -0.3 is 20.1 Å². The number of nitrogens with one attached hydrogen (secondary N) is 1. The van der Waals surface area contributed by atoms with Crippen LogP contribution in [-0.4, -0.2) is 61.8 Å². The molecule has 0 radical (unpaired) electrons. The zero-order chi connectivity index (χ0) is 13.6. The third kappa shape index (κ3) is 3.43. The molecule has 0 saturated carbocycles. The van der Waals surface area contributed by atoms with E-state index in [1.165, 1.54) is 0 Å². The summed E-state index contributed by atoms with van der Waals surface area (Å²) in [6.45, 7) is 4.13. The monoisotopic (exact) mass is 258 g/mol. The van der Waals surface area contributed by atoms with Crippen LogP contribution in [0.2, 0.25) is 0 Å². The normalized spacial score (nSPS) is 23.3. The molecule has 1 atom stereocenters. The van der Waals surface area contributed by atoms with Crippen molar-refractivity contribution in [1.29, 1.82) is 0 Å². The van der Waals surface area contributed by atoms with E-state index < -0.39 is 11.4 Å². The molecule has 104 valence electrons. The van der Waals surface area contributed by atoms with Crippen LogP contribution in [0.4, 0.5) is 0 Å². The molecule has 1 heterocycles. The molecule has 1 unspecified atom stereocenters. The molecule has 0 spiro atoms. The lowest BCUT2D eigenvalue weighted by molar-refractivity contribution is -0.148. The van der Waals surface area contributed by atoms with Crippen LogP contribution < -0.4 is 5.32 Å². The Labute approximate surface area is 107 Å². The number of carbonyl (C=O) groups excluding carboxylic acids is 1. The van der Waals surface area contributed by atoms with Gasteiger partial charge in [0.05, 0.1) is 18.6 Å². The number of hydrogen-bond donors (Lipinski definition) is 2. The summed E-state index contributed by atoms with van der Waals surface area (Å²) in [5.74, 6) is -0.838. The third-order valence-electron chi connectivity index (χ3n) is 3.60. The minimum absolute atomic E-state index is 0.0392. The van der Waals surface area contributed by atoms with Crippen molar-refractivity contribution >= 4 is 11.9 Å². The van der Waals surface area contributed by atoms with E-state index in [0.29, 0.717) is 39.1 Å². The highest BCUT2D eigenvalue weighted by Gasteiger charge is 2.44. The molecular formula is C12H22N2O4. The quantitative estimate of drug-likeness (QED) is 0.625. The number of aliphatic carboxylic acids is 1. The maximum Gasteiger partial charge on any atom is 0.311 e. The summed E-state index contributed by atoms with van der Waals surface area (Å²) in [6.07, 6.45) is 1.10. The number of carbonyl (C=O) groups is 2. The topological polar surface area (TPSA) is 78.9 Å². The molecule has 2 N–H and O–H groups in total. The molecular weight excluding hydrogens is 236 g/mol. The summed E-state index contributed by atoms with van der Waals surface area (Å²) >= 11 is 0. The number of likely N-dealkylation sites (tertiary alicyclic amines) is 1. The van der Waals surface area contributed by atoms with Gasteiger partial charge in [-0.1, -0.05) is 6.92 Å². The molecule has 1 aliphatic rings. The summed E-state index contributed by atoms with van der Waals surface area (Å²) < 4.78 is 4.87. The first-order valence-corrected chi connectivity index (χ1v) is 6.26. The number of hydrogen-bond acceptors (Lipinski definition) is 4. The molecule has 1 aliphatic heterocycles. The fourth-order valence-corrected chi connectivity index (χ4v) is 2.18. The highest BCUT2D eigenvalue weighted by atomic mass is 16.5. The largest absolute Gasteiger partial charge is 0.481 e. The lowest BCUT2D eigenvalue weighted by atomic mass is 9.84. The predicted octanol–water partition coefficient (Wildman–Crippen LogP) is -0.0643. The number of carboxylic acids is 1. The number of ether oxygens (including phenoxy) is 1. The van der Waals surface area contributed by atoms with Crippen molar-refractivity contribution in [3.05, 3.63) is 0 Å². The van der Waals surface area contributed by atoms with E-state index in [-0.39, 0.29) is 12.5 Å². The Bertz CT molecular complexity index is 308. The summed E-state index contributed by atoms with van der Waals surface area (Å²) in [7, 11) is 1.60. The number of methoxy groups -OCH3 is 1. The minimum Gasteiger partial charge on any atom is -0.481 e. The van der Waals surface area contributed by atoms with Crippen molar-refractivity contribution in [2.24, 2.45) is 5.41 Å². The van der Waals surface area contributed by atoms with Crippen molar-refractivity contribution in [2.45, 2.75) is 19.8 Å². The molecule has 0 aliphatic carbocycles. The standard InChI is InChI=1S/C12H22N2O4/c1-3-12(11(16)17)4-6-14(9-12)10(15)8-13-5-7-18-2/h13H,3-9H2,1-2H3,(H,16,17). The maximum absolute atomic E-state index is 11.9. The van der Waals surface area contributed by atoms with Gasteiger partial charge in [-0.15, -0.1) is 0 Å². The molecule has 1 rings (SSSR count). The van der Waals surface area contributed by atoms with E-state index in [1.807, 2.05) is 6.92 Å². The van der Waals surface area contributed by atoms with Crippen molar-refractivity contribution in [1.82, 2.24) is 10.2 Å². The lowest BCUT2D eigenvalue weighted by Crippen LogP contribution is -2.40. The van der Waals surface area contributed by atoms with Gasteiger partial charge in [0.15, 0.2) is 0 Å². The van der Waals surface area contributed by atoms with Crippen LogP contribution in [0.1, 0.15) is 19.8 Å². The first kappa shape index (κ1) is 14.9. The summed E-state index contributed by atoms with van der Waals surface area (Å²) in [6, 6.07) is 0. The van der Waals surface area contributed by atoms with Crippen LogP contribution in [0.25, 0.3) is 0 Å². The number of nitrogens with zero attached hydrogens (tertiary/aromatic N) is 1. The van der Waals surface area contributed by atoms with Crippen molar-refractivity contribution < 1.29 is 19.4 Å². The first-order chi connectivity index (χ1) is 8.55. The molecule has 6 heteroatoms. The lowest BCUT2D eigenvalue weighted by Gasteiger charge is -2.23. The van der Waals surface area contributed by atoms with E-state index in [1.54, 1.807) is 12.0 Å². The van der Waals surface area contributed by atoms with Gasteiger partial charge >= 0.3 is 5.97 Å². The van der Waals surface area contributed by atoms with Gasteiger partial charge in [-0.2, -0.15) is 0 Å². The molecule has 0 aromatic heterocycles. The van der Waals surface area contributed by atoms with Gasteiger partial charge in [0.1, 0.15) is 0 Å². The summed E-state index contributed by atoms with van der Waals surface area (Å²) in [5.41, 5.74) is -0.748. The number of carboxylic acid groups (broad SMARTS) is 1. The first-order valence-electron chi connectivity index (χ1n) is 6.26. The fraction of sp³-hybridized carbons (Fsp3) is 0.833. The van der Waals surface area contributed by atoms with Gasteiger partial charge in [-0.3, -0.25) is 9.59 Å². The van der Waals surface area contributed by atoms with Gasteiger partial charge in [0.25, 0.3) is 0 Å². The Kier molecular flexibility index (Phi) is 5.55. The van der Waals surface area contributed by atoms with Crippen LogP contribution in [0, 0.1) is 5.41 Å². The fourth-order valence-electron chi connectivity index (χ4n) is 2.18. The van der Waals surface area contributed by atoms with Gasteiger partial charge in [0.2, 0.25) is 5.91 Å². The summed E-state index contributed by atoms with van der Waals surface area (Å²) in [5, 5.41) is 12.2. The Hall–Kier alpha value is -1.14. The van der Waals surface area contributed by atoms with E-state index in [4.69, 9.17) is 4.74 Å². The van der Waals surface area contributed by atoms with E-state index in [0.717, 1.165) is 0 Å². The van der Waals surface area contributed by atoms with Crippen molar-refractivity contribution in [3.63, 3.8) is 0 Å². The second-order valence-corrected chi connectivity index (χ2v) is 4.67. The van der Waals surface area contributed by atoms with Gasteiger partial charge in [-0.25, -0.2) is 0 Å². The molecule has 0 bridgehead atoms. The van der Waals surface area contributed by atoms with Gasteiger partial charge in [-0.05, 0) is 12.8 Å². The average molecular weight is 258 g/mol. The molecule has 1 amide bonds. The van der Waals surface area contributed by atoms with Crippen molar-refractivity contribution in [3.8, 4) is 0 Å². The molecule has 6 nitrogen and oxygen atoms in total. The maximum atomic E-state index is 11.9. The smallest absolute Gasteiger partial charge is 0.311 e. The highest BCUT2D eigenvalue weighted by Crippen LogP contribution is 2.34. The van der Waals surface area contributed by atoms with E-state index in [9.17, 15) is 14.7 Å². The molecule has 1 saturated heterocycles. The zero-order valence-corrected chi connectivity index (χ0v) is 11.1. The number of rotatable bonds is 7. The Morgan fingerprint density at radius 1 is 1.50 bits per heavy atom. The second-order valence-electron chi connectivity index (χ2n) is 4.67. The van der Waals surface area contributed by atoms with Crippen molar-refractivity contribution in [2.75, 3.05) is 39.9 Å². The van der Waals surface area contributed by atoms with Crippen LogP contribution in [-0.2, 0) is 14.3 Å². The third-order valence-corrected chi connectivity index (χ3v) is 3.60. The molecule has 18 heavy (non-hydrogen) atoms. The van der Waals surface area contributed by atoms with E-state index in [2.05, 4.69) is 5.32 Å². The Morgan fingerprint density at radius 3 is 2.72 bits per heavy atom. The molecule has 1 fully saturated rings.